The molecule has 0 atom stereocenters. The predicted octanol–water partition coefficient (Wildman–Crippen LogP) is 1.03. The summed E-state index contributed by atoms with van der Waals surface area (Å²) in [5.74, 6) is 1.17. The van der Waals surface area contributed by atoms with Crippen molar-refractivity contribution in [3.05, 3.63) is 0 Å². The van der Waals surface area contributed by atoms with E-state index in [0.29, 0.717) is 11.9 Å². The molecule has 1 aliphatic rings. The van der Waals surface area contributed by atoms with Gasteiger partial charge in [-0.25, -0.2) is 0 Å². The summed E-state index contributed by atoms with van der Waals surface area (Å²) in [5, 5.41) is 3.16. The van der Waals surface area contributed by atoms with Crippen LogP contribution in [0.1, 0.15) is 33.1 Å². The van der Waals surface area contributed by atoms with Gasteiger partial charge >= 0.3 is 0 Å². The van der Waals surface area contributed by atoms with Gasteiger partial charge in [0.15, 0.2) is 5.96 Å². The van der Waals surface area contributed by atoms with Crippen LogP contribution in [-0.4, -0.2) is 43.6 Å². The molecule has 1 fully saturated rings. The molecule has 0 unspecified atom stereocenters. The molecule has 4 nitrogen and oxygen atoms in total. The number of nitrogens with zero attached hydrogens (tertiary/aromatic N) is 2. The molecule has 0 amide bonds. The van der Waals surface area contributed by atoms with Gasteiger partial charge in [0.25, 0.3) is 0 Å². The fraction of sp³-hybridized carbons (Fsp3) is 0.917. The number of guanidine groups is 1. The maximum absolute atomic E-state index is 5.74. The van der Waals surface area contributed by atoms with Gasteiger partial charge < -0.3 is 16.0 Å². The first-order valence-electron chi connectivity index (χ1n) is 6.44. The topological polar surface area (TPSA) is 53.6 Å². The van der Waals surface area contributed by atoms with Crippen LogP contribution in [0.2, 0.25) is 0 Å². The predicted molar refractivity (Wildman–Crippen MR) is 69.6 cm³/mol. The Bertz CT molecular complexity index is 207. The molecule has 0 aliphatic carbocycles. The SMILES string of the molecule is CC(C)CN=C(N)NCCCN1CCCC1. The van der Waals surface area contributed by atoms with Crippen LogP contribution < -0.4 is 11.1 Å². The van der Waals surface area contributed by atoms with E-state index >= 15 is 0 Å². The van der Waals surface area contributed by atoms with E-state index in [1.807, 2.05) is 0 Å². The number of hydrogen-bond acceptors (Lipinski definition) is 2. The summed E-state index contributed by atoms with van der Waals surface area (Å²) in [5.41, 5.74) is 5.74. The average molecular weight is 226 g/mol. The summed E-state index contributed by atoms with van der Waals surface area (Å²) in [7, 11) is 0. The average Bonchev–Trinajstić information content (AvgIpc) is 2.74. The molecule has 4 heteroatoms. The highest BCUT2D eigenvalue weighted by atomic mass is 15.1. The summed E-state index contributed by atoms with van der Waals surface area (Å²) in [4.78, 5) is 6.78. The fourth-order valence-corrected chi connectivity index (χ4v) is 1.86. The molecule has 0 bridgehead atoms. The van der Waals surface area contributed by atoms with Gasteiger partial charge in [-0.05, 0) is 44.8 Å². The Kier molecular flexibility index (Phi) is 6.23. The summed E-state index contributed by atoms with van der Waals surface area (Å²) in [6, 6.07) is 0. The van der Waals surface area contributed by atoms with Crippen molar-refractivity contribution >= 4 is 5.96 Å². The lowest BCUT2D eigenvalue weighted by Gasteiger charge is -2.14. The highest BCUT2D eigenvalue weighted by molar-refractivity contribution is 5.77. The standard InChI is InChI=1S/C12H26N4/c1-11(2)10-15-12(13)14-6-5-9-16-7-3-4-8-16/h11H,3-10H2,1-2H3,(H3,13,14,15). The first-order valence-corrected chi connectivity index (χ1v) is 6.44. The maximum atomic E-state index is 5.74. The molecule has 94 valence electrons. The Morgan fingerprint density at radius 2 is 2.06 bits per heavy atom. The normalized spacial score (nSPS) is 18.3. The molecule has 0 aromatic carbocycles. The first-order chi connectivity index (χ1) is 7.68. The van der Waals surface area contributed by atoms with Gasteiger partial charge in [-0.15, -0.1) is 0 Å². The number of hydrogen-bond donors (Lipinski definition) is 2. The third-order valence-electron chi connectivity index (χ3n) is 2.78. The number of nitrogens with two attached hydrogens (primary N) is 1. The zero-order valence-electron chi connectivity index (χ0n) is 10.7. The lowest BCUT2D eigenvalue weighted by atomic mass is 10.2. The lowest BCUT2D eigenvalue weighted by molar-refractivity contribution is 0.334. The van der Waals surface area contributed by atoms with E-state index in [1.54, 1.807) is 0 Å². The monoisotopic (exact) mass is 226 g/mol. The Balaban J connectivity index is 1.99. The van der Waals surface area contributed by atoms with Crippen LogP contribution in [0.5, 0.6) is 0 Å². The van der Waals surface area contributed by atoms with Gasteiger partial charge in [0, 0.05) is 13.1 Å². The van der Waals surface area contributed by atoms with Gasteiger partial charge in [0.05, 0.1) is 0 Å². The molecule has 16 heavy (non-hydrogen) atoms. The van der Waals surface area contributed by atoms with Crippen LogP contribution in [0.4, 0.5) is 0 Å². The van der Waals surface area contributed by atoms with Crippen molar-refractivity contribution in [2.45, 2.75) is 33.1 Å². The lowest BCUT2D eigenvalue weighted by Crippen LogP contribution is -2.34. The molecule has 0 saturated carbocycles. The zero-order chi connectivity index (χ0) is 11.8. The van der Waals surface area contributed by atoms with E-state index in [4.69, 9.17) is 5.73 Å². The van der Waals surface area contributed by atoms with Gasteiger partial charge in [-0.3, -0.25) is 4.99 Å². The maximum Gasteiger partial charge on any atom is 0.188 e. The summed E-state index contributed by atoms with van der Waals surface area (Å²) < 4.78 is 0. The molecule has 0 aromatic rings. The Morgan fingerprint density at radius 1 is 1.38 bits per heavy atom. The number of aliphatic imine (C=N–C) groups is 1. The largest absolute Gasteiger partial charge is 0.370 e. The van der Waals surface area contributed by atoms with Crippen LogP contribution >= 0.6 is 0 Å². The zero-order valence-corrected chi connectivity index (χ0v) is 10.7. The number of rotatable bonds is 6. The Hall–Kier alpha value is -0.770. The van der Waals surface area contributed by atoms with E-state index in [2.05, 4.69) is 29.1 Å². The quantitative estimate of drug-likeness (QED) is 0.404. The molecule has 0 aromatic heterocycles. The second-order valence-electron chi connectivity index (χ2n) is 4.95. The molecule has 1 heterocycles. The van der Waals surface area contributed by atoms with Crippen molar-refractivity contribution < 1.29 is 0 Å². The van der Waals surface area contributed by atoms with E-state index in [0.717, 1.165) is 19.5 Å². The van der Waals surface area contributed by atoms with Gasteiger partial charge in [-0.2, -0.15) is 0 Å². The Morgan fingerprint density at radius 3 is 2.69 bits per heavy atom. The Labute approximate surface area is 99.3 Å². The fourth-order valence-electron chi connectivity index (χ4n) is 1.86. The summed E-state index contributed by atoms with van der Waals surface area (Å²) in [6.07, 6.45) is 3.88. The van der Waals surface area contributed by atoms with Crippen LogP contribution in [0.3, 0.4) is 0 Å². The smallest absolute Gasteiger partial charge is 0.188 e. The van der Waals surface area contributed by atoms with Crippen molar-refractivity contribution in [1.82, 2.24) is 10.2 Å². The van der Waals surface area contributed by atoms with Crippen LogP contribution in [0.15, 0.2) is 4.99 Å². The van der Waals surface area contributed by atoms with Crippen LogP contribution in [-0.2, 0) is 0 Å². The van der Waals surface area contributed by atoms with E-state index in [9.17, 15) is 0 Å². The second kappa shape index (κ2) is 7.49. The van der Waals surface area contributed by atoms with Crippen molar-refractivity contribution in [1.29, 1.82) is 0 Å². The third kappa shape index (κ3) is 5.95. The highest BCUT2D eigenvalue weighted by Gasteiger charge is 2.09. The summed E-state index contributed by atoms with van der Waals surface area (Å²) in [6.45, 7) is 9.77. The molecule has 3 N–H and O–H groups in total. The molecule has 0 radical (unpaired) electrons. The van der Waals surface area contributed by atoms with Crippen molar-refractivity contribution in [2.24, 2.45) is 16.6 Å². The molecule has 0 spiro atoms. The summed E-state index contributed by atoms with van der Waals surface area (Å²) >= 11 is 0. The second-order valence-corrected chi connectivity index (χ2v) is 4.95. The minimum Gasteiger partial charge on any atom is -0.370 e. The minimum atomic E-state index is 0.574. The number of likely N-dealkylation sites (tertiary alicyclic amines) is 1. The van der Waals surface area contributed by atoms with Crippen molar-refractivity contribution in [3.63, 3.8) is 0 Å². The number of nitrogens with one attached hydrogen (secondary N) is 1. The molecular formula is C12H26N4. The van der Waals surface area contributed by atoms with E-state index in [-0.39, 0.29) is 0 Å². The van der Waals surface area contributed by atoms with E-state index in [1.165, 1.54) is 32.5 Å². The first kappa shape index (κ1) is 13.3. The molecule has 1 aliphatic heterocycles. The van der Waals surface area contributed by atoms with Gasteiger partial charge in [-0.1, -0.05) is 13.8 Å². The molecule has 1 rings (SSSR count). The van der Waals surface area contributed by atoms with Crippen molar-refractivity contribution in [2.75, 3.05) is 32.7 Å². The van der Waals surface area contributed by atoms with Gasteiger partial charge in [0.1, 0.15) is 0 Å². The van der Waals surface area contributed by atoms with Crippen LogP contribution in [0.25, 0.3) is 0 Å². The molecular weight excluding hydrogens is 200 g/mol. The van der Waals surface area contributed by atoms with E-state index < -0.39 is 0 Å². The van der Waals surface area contributed by atoms with Crippen LogP contribution in [0, 0.1) is 5.92 Å². The third-order valence-corrected chi connectivity index (χ3v) is 2.78. The minimum absolute atomic E-state index is 0.574. The molecule has 1 saturated heterocycles. The van der Waals surface area contributed by atoms with Gasteiger partial charge in [0.2, 0.25) is 0 Å². The van der Waals surface area contributed by atoms with Crippen molar-refractivity contribution in [3.8, 4) is 0 Å². The highest BCUT2D eigenvalue weighted by Crippen LogP contribution is 2.06.